The van der Waals surface area contributed by atoms with Crippen LogP contribution in [0.15, 0.2) is 29.4 Å². The molecule has 0 radical (unpaired) electrons. The Bertz CT molecular complexity index is 704. The molecule has 0 spiro atoms. The lowest BCUT2D eigenvalue weighted by molar-refractivity contribution is -0.119. The van der Waals surface area contributed by atoms with Gasteiger partial charge in [0.25, 0.3) is 0 Å². The first-order valence-electron chi connectivity index (χ1n) is 7.27. The molecule has 0 aliphatic carbocycles. The van der Waals surface area contributed by atoms with E-state index in [-0.39, 0.29) is 17.8 Å². The number of ether oxygens (including phenoxy) is 2. The second-order valence-corrected chi connectivity index (χ2v) is 6.12. The van der Waals surface area contributed by atoms with Crippen molar-refractivity contribution in [2.45, 2.75) is 18.2 Å². The maximum Gasteiger partial charge on any atom is 0.230 e. The Kier molecular flexibility index (Phi) is 4.71. The Balaban J connectivity index is 1.44. The quantitative estimate of drug-likeness (QED) is 0.827. The molecule has 1 aliphatic heterocycles. The summed E-state index contributed by atoms with van der Waals surface area (Å²) in [7, 11) is 1.88. The van der Waals surface area contributed by atoms with Crippen molar-refractivity contribution in [1.29, 1.82) is 0 Å². The molecular weight excluding hydrogens is 316 g/mol. The van der Waals surface area contributed by atoms with Crippen molar-refractivity contribution in [2.24, 2.45) is 7.05 Å². The van der Waals surface area contributed by atoms with E-state index in [0.29, 0.717) is 18.9 Å². The normalized spacial score (nSPS) is 16.2. The van der Waals surface area contributed by atoms with Crippen LogP contribution in [0.4, 0.5) is 0 Å². The van der Waals surface area contributed by atoms with Crippen LogP contribution in [0.25, 0.3) is 0 Å². The lowest BCUT2D eigenvalue weighted by Crippen LogP contribution is -2.41. The van der Waals surface area contributed by atoms with Crippen molar-refractivity contribution < 1.29 is 14.3 Å². The number of nitrogens with one attached hydrogen (secondary N) is 1. The predicted molar refractivity (Wildman–Crippen MR) is 85.8 cm³/mol. The number of amides is 1. The lowest BCUT2D eigenvalue weighted by atomic mass is 10.2. The molecule has 0 saturated carbocycles. The zero-order valence-electron chi connectivity index (χ0n) is 13.0. The van der Waals surface area contributed by atoms with Crippen molar-refractivity contribution in [2.75, 3.05) is 18.9 Å². The predicted octanol–water partition coefficient (Wildman–Crippen LogP) is 1.17. The molecule has 122 valence electrons. The van der Waals surface area contributed by atoms with E-state index in [4.69, 9.17) is 9.47 Å². The third-order valence-corrected chi connectivity index (χ3v) is 4.50. The highest BCUT2D eigenvalue weighted by Crippen LogP contribution is 2.30. The number of carbonyl (C=O) groups excluding carboxylic acids is 1. The first-order valence-corrected chi connectivity index (χ1v) is 8.26. The van der Waals surface area contributed by atoms with E-state index in [9.17, 15) is 4.79 Å². The zero-order chi connectivity index (χ0) is 16.2. The molecule has 1 aromatic heterocycles. The summed E-state index contributed by atoms with van der Waals surface area (Å²) in [6.07, 6.45) is -0.184. The Morgan fingerprint density at radius 2 is 2.17 bits per heavy atom. The summed E-state index contributed by atoms with van der Waals surface area (Å²) >= 11 is 1.36. The van der Waals surface area contributed by atoms with E-state index in [1.54, 1.807) is 0 Å². The summed E-state index contributed by atoms with van der Waals surface area (Å²) in [4.78, 5) is 11.9. The van der Waals surface area contributed by atoms with Crippen LogP contribution in [-0.4, -0.2) is 45.7 Å². The van der Waals surface area contributed by atoms with Crippen LogP contribution in [0.1, 0.15) is 5.82 Å². The van der Waals surface area contributed by atoms with Crippen molar-refractivity contribution in [1.82, 2.24) is 20.1 Å². The van der Waals surface area contributed by atoms with Crippen LogP contribution in [0.2, 0.25) is 0 Å². The van der Waals surface area contributed by atoms with Crippen LogP contribution >= 0.6 is 11.8 Å². The van der Waals surface area contributed by atoms with Crippen LogP contribution in [-0.2, 0) is 11.8 Å². The fraction of sp³-hybridized carbons (Fsp3) is 0.400. The molecule has 7 nitrogen and oxygen atoms in total. The van der Waals surface area contributed by atoms with E-state index in [1.807, 2.05) is 42.8 Å². The average Bonchev–Trinajstić information content (AvgIpc) is 2.89. The van der Waals surface area contributed by atoms with Gasteiger partial charge in [0.15, 0.2) is 16.7 Å². The van der Waals surface area contributed by atoms with Gasteiger partial charge in [-0.05, 0) is 19.1 Å². The molecule has 1 amide bonds. The third kappa shape index (κ3) is 3.76. The molecule has 3 rings (SSSR count). The molecule has 0 fully saturated rings. The minimum Gasteiger partial charge on any atom is -0.486 e. The number of benzene rings is 1. The van der Waals surface area contributed by atoms with Gasteiger partial charge < -0.3 is 19.4 Å². The van der Waals surface area contributed by atoms with Gasteiger partial charge in [0.1, 0.15) is 18.5 Å². The van der Waals surface area contributed by atoms with Crippen LogP contribution in [0.5, 0.6) is 11.5 Å². The van der Waals surface area contributed by atoms with E-state index in [1.165, 1.54) is 11.8 Å². The molecule has 23 heavy (non-hydrogen) atoms. The monoisotopic (exact) mass is 334 g/mol. The average molecular weight is 334 g/mol. The van der Waals surface area contributed by atoms with Gasteiger partial charge in [-0.2, -0.15) is 0 Å². The number of rotatable bonds is 5. The largest absolute Gasteiger partial charge is 0.486 e. The summed E-state index contributed by atoms with van der Waals surface area (Å²) in [6, 6.07) is 7.51. The summed E-state index contributed by atoms with van der Waals surface area (Å²) in [5, 5.41) is 11.6. The van der Waals surface area contributed by atoms with Crippen molar-refractivity contribution in [3.05, 3.63) is 30.1 Å². The SMILES string of the molecule is Cc1nnc(SCC(=O)NC[C@H]2COc3ccccc3O2)n1C. The number of fused-ring (bicyclic) bond motifs is 1. The molecule has 1 atom stereocenters. The molecule has 0 unspecified atom stereocenters. The Morgan fingerprint density at radius 3 is 2.91 bits per heavy atom. The van der Waals surface area contributed by atoms with Crippen LogP contribution in [0, 0.1) is 6.92 Å². The van der Waals surface area contributed by atoms with Gasteiger partial charge in [-0.15, -0.1) is 10.2 Å². The highest BCUT2D eigenvalue weighted by atomic mass is 32.2. The van der Waals surface area contributed by atoms with Crippen molar-refractivity contribution in [3.8, 4) is 11.5 Å². The maximum absolute atomic E-state index is 11.9. The van der Waals surface area contributed by atoms with Gasteiger partial charge >= 0.3 is 0 Å². The third-order valence-electron chi connectivity index (χ3n) is 3.48. The highest BCUT2D eigenvalue weighted by molar-refractivity contribution is 7.99. The molecule has 0 bridgehead atoms. The Morgan fingerprint density at radius 1 is 1.39 bits per heavy atom. The smallest absolute Gasteiger partial charge is 0.230 e. The maximum atomic E-state index is 11.9. The van der Waals surface area contributed by atoms with Gasteiger partial charge in [0.2, 0.25) is 5.91 Å². The van der Waals surface area contributed by atoms with E-state index < -0.39 is 0 Å². The standard InChI is InChI=1S/C15H18N4O3S/c1-10-17-18-15(19(10)2)23-9-14(20)16-7-11-8-21-12-5-3-4-6-13(12)22-11/h3-6,11H,7-9H2,1-2H3,(H,16,20)/t11-/m0/s1. The molecule has 0 saturated heterocycles. The minimum absolute atomic E-state index is 0.0712. The number of hydrogen-bond donors (Lipinski definition) is 1. The topological polar surface area (TPSA) is 78.3 Å². The molecule has 8 heteroatoms. The molecule has 1 N–H and O–H groups in total. The van der Waals surface area contributed by atoms with E-state index in [2.05, 4.69) is 15.5 Å². The summed E-state index contributed by atoms with van der Waals surface area (Å²) < 4.78 is 13.3. The number of hydrogen-bond acceptors (Lipinski definition) is 6. The molecule has 1 aromatic carbocycles. The first kappa shape index (κ1) is 15.7. The first-order chi connectivity index (χ1) is 11.1. The highest BCUT2D eigenvalue weighted by Gasteiger charge is 2.21. The van der Waals surface area contributed by atoms with Gasteiger partial charge in [-0.3, -0.25) is 4.79 Å². The van der Waals surface area contributed by atoms with Gasteiger partial charge in [-0.25, -0.2) is 0 Å². The van der Waals surface area contributed by atoms with E-state index in [0.717, 1.165) is 16.7 Å². The summed E-state index contributed by atoms with van der Waals surface area (Å²) in [5.41, 5.74) is 0. The second-order valence-electron chi connectivity index (χ2n) is 5.18. The number of thioether (sulfide) groups is 1. The van der Waals surface area contributed by atoms with Gasteiger partial charge in [-0.1, -0.05) is 23.9 Å². The van der Waals surface area contributed by atoms with Gasteiger partial charge in [0.05, 0.1) is 12.3 Å². The Labute approximate surface area is 138 Å². The lowest BCUT2D eigenvalue weighted by Gasteiger charge is -2.26. The summed E-state index contributed by atoms with van der Waals surface area (Å²) in [6.45, 7) is 2.70. The molecule has 1 aliphatic rings. The second kappa shape index (κ2) is 6.91. The number of aromatic nitrogens is 3. The number of para-hydroxylation sites is 2. The molecule has 2 aromatic rings. The fourth-order valence-electron chi connectivity index (χ4n) is 2.09. The minimum atomic E-state index is -0.184. The summed E-state index contributed by atoms with van der Waals surface area (Å²) in [5.74, 6) is 2.48. The molecular formula is C15H18N4O3S. The zero-order valence-corrected chi connectivity index (χ0v) is 13.8. The number of nitrogens with zero attached hydrogens (tertiary/aromatic N) is 3. The van der Waals surface area contributed by atoms with Crippen molar-refractivity contribution in [3.63, 3.8) is 0 Å². The van der Waals surface area contributed by atoms with E-state index >= 15 is 0 Å². The fourth-order valence-corrected chi connectivity index (χ4v) is 2.87. The Hall–Kier alpha value is -2.22. The van der Waals surface area contributed by atoms with Crippen LogP contribution < -0.4 is 14.8 Å². The van der Waals surface area contributed by atoms with Crippen LogP contribution in [0.3, 0.4) is 0 Å². The molecule has 2 heterocycles. The van der Waals surface area contributed by atoms with Gasteiger partial charge in [0, 0.05) is 7.05 Å². The number of aryl methyl sites for hydroxylation is 1. The number of carbonyl (C=O) groups is 1. The van der Waals surface area contributed by atoms with Crippen molar-refractivity contribution >= 4 is 17.7 Å².